The summed E-state index contributed by atoms with van der Waals surface area (Å²) in [6.45, 7) is 6.62. The number of ketones is 2. The largest absolute Gasteiger partial charge is 0.489 e. The minimum absolute atomic E-state index is 0.151. The van der Waals surface area contributed by atoms with Gasteiger partial charge in [0.25, 0.3) is 0 Å². The van der Waals surface area contributed by atoms with Gasteiger partial charge in [-0.3, -0.25) is 9.59 Å². The number of ether oxygens (including phenoxy) is 2. The number of rotatable bonds is 5. The monoisotopic (exact) mass is 492 g/mol. The van der Waals surface area contributed by atoms with Gasteiger partial charge in [-0.25, -0.2) is 0 Å². The maximum atomic E-state index is 13.5. The van der Waals surface area contributed by atoms with Crippen molar-refractivity contribution < 1.29 is 23.5 Å². The summed E-state index contributed by atoms with van der Waals surface area (Å²) >= 11 is 0. The van der Waals surface area contributed by atoms with E-state index in [4.69, 9.17) is 13.9 Å². The first-order valence-electron chi connectivity index (χ1n) is 12.6. The number of hydrogen-bond acceptors (Lipinski definition) is 5. The van der Waals surface area contributed by atoms with E-state index in [0.29, 0.717) is 40.4 Å². The minimum atomic E-state index is -0.510. The molecule has 5 nitrogen and oxygen atoms in total. The SMILES string of the molecule is Cc1coc2c1C(=O)C(=O)c1c-2ccc2c1C(Oc1ccc(OCc3ccccc3)cc1)CCC2(C)C. The van der Waals surface area contributed by atoms with Gasteiger partial charge in [0.05, 0.1) is 11.8 Å². The molecule has 1 atom stereocenters. The highest BCUT2D eigenvalue weighted by Crippen LogP contribution is 2.49. The van der Waals surface area contributed by atoms with E-state index < -0.39 is 11.6 Å². The van der Waals surface area contributed by atoms with Gasteiger partial charge in [0.1, 0.15) is 30.0 Å². The van der Waals surface area contributed by atoms with Crippen LogP contribution in [-0.4, -0.2) is 11.6 Å². The molecule has 0 aliphatic heterocycles. The highest BCUT2D eigenvalue weighted by Gasteiger charge is 2.43. The van der Waals surface area contributed by atoms with Crippen LogP contribution in [0.1, 0.15) is 75.8 Å². The van der Waals surface area contributed by atoms with E-state index in [-0.39, 0.29) is 11.5 Å². The molecule has 4 aromatic rings. The number of aryl methyl sites for hydroxylation is 1. The summed E-state index contributed by atoms with van der Waals surface area (Å²) in [4.78, 5) is 26.6. The summed E-state index contributed by atoms with van der Waals surface area (Å²) in [6.07, 6.45) is 2.82. The van der Waals surface area contributed by atoms with Crippen LogP contribution in [0.5, 0.6) is 11.5 Å². The first-order valence-corrected chi connectivity index (χ1v) is 12.6. The maximum Gasteiger partial charge on any atom is 0.237 e. The zero-order chi connectivity index (χ0) is 25.7. The van der Waals surface area contributed by atoms with Crippen molar-refractivity contribution in [1.29, 1.82) is 0 Å². The molecule has 0 saturated carbocycles. The highest BCUT2D eigenvalue weighted by molar-refractivity contribution is 6.53. The fourth-order valence-electron chi connectivity index (χ4n) is 5.54. The molecular formula is C32H28O5. The Labute approximate surface area is 216 Å². The predicted molar refractivity (Wildman–Crippen MR) is 140 cm³/mol. The summed E-state index contributed by atoms with van der Waals surface area (Å²) in [6, 6.07) is 21.5. The van der Waals surface area contributed by atoms with Gasteiger partial charge >= 0.3 is 0 Å². The number of hydrogen-bond donors (Lipinski definition) is 0. The van der Waals surface area contributed by atoms with Crippen LogP contribution in [0.4, 0.5) is 0 Å². The van der Waals surface area contributed by atoms with Crippen molar-refractivity contribution in [2.24, 2.45) is 0 Å². The van der Waals surface area contributed by atoms with Crippen molar-refractivity contribution in [2.75, 3.05) is 0 Å². The molecule has 186 valence electrons. The second-order valence-corrected chi connectivity index (χ2v) is 10.5. The van der Waals surface area contributed by atoms with Crippen LogP contribution in [0, 0.1) is 6.92 Å². The minimum Gasteiger partial charge on any atom is -0.489 e. The lowest BCUT2D eigenvalue weighted by Crippen LogP contribution is -2.33. The van der Waals surface area contributed by atoms with Crippen LogP contribution in [0.25, 0.3) is 11.3 Å². The Morgan fingerprint density at radius 1 is 0.892 bits per heavy atom. The summed E-state index contributed by atoms with van der Waals surface area (Å²) in [5.74, 6) is 0.913. The lowest BCUT2D eigenvalue weighted by atomic mass is 9.68. The smallest absolute Gasteiger partial charge is 0.237 e. The molecule has 0 N–H and O–H groups in total. The molecule has 0 bridgehead atoms. The van der Waals surface area contributed by atoms with Crippen LogP contribution < -0.4 is 9.47 Å². The lowest BCUT2D eigenvalue weighted by Gasteiger charge is -2.39. The van der Waals surface area contributed by atoms with Crippen molar-refractivity contribution in [3.63, 3.8) is 0 Å². The number of carbonyl (C=O) groups excluding carboxylic acids is 2. The van der Waals surface area contributed by atoms with E-state index in [0.717, 1.165) is 35.3 Å². The van der Waals surface area contributed by atoms with Gasteiger partial charge in [-0.05, 0) is 66.1 Å². The Morgan fingerprint density at radius 2 is 1.59 bits per heavy atom. The topological polar surface area (TPSA) is 65.7 Å². The number of fused-ring (bicyclic) bond motifs is 5. The maximum absolute atomic E-state index is 13.5. The lowest BCUT2D eigenvalue weighted by molar-refractivity contribution is 0.0809. The molecule has 6 rings (SSSR count). The van der Waals surface area contributed by atoms with Crippen molar-refractivity contribution in [3.05, 3.63) is 106 Å². The van der Waals surface area contributed by atoms with Crippen LogP contribution >= 0.6 is 0 Å². The summed E-state index contributed by atoms with van der Waals surface area (Å²) in [5.41, 5.74) is 4.93. The van der Waals surface area contributed by atoms with Crippen molar-refractivity contribution >= 4 is 11.6 Å². The average molecular weight is 493 g/mol. The van der Waals surface area contributed by atoms with Crippen LogP contribution in [-0.2, 0) is 12.0 Å². The molecular weight excluding hydrogens is 464 g/mol. The van der Waals surface area contributed by atoms with E-state index in [1.807, 2.05) is 60.7 Å². The van der Waals surface area contributed by atoms with Crippen molar-refractivity contribution in [1.82, 2.24) is 0 Å². The Bertz CT molecular complexity index is 1510. The Hall–Kier alpha value is -4.12. The van der Waals surface area contributed by atoms with Gasteiger partial charge in [0.15, 0.2) is 0 Å². The number of benzene rings is 3. The third kappa shape index (κ3) is 3.95. The normalized spacial score (nSPS) is 17.5. The van der Waals surface area contributed by atoms with Crippen LogP contribution in [0.15, 0.2) is 77.4 Å². The molecule has 1 aromatic heterocycles. The van der Waals surface area contributed by atoms with E-state index in [9.17, 15) is 9.59 Å². The predicted octanol–water partition coefficient (Wildman–Crippen LogP) is 7.40. The molecule has 37 heavy (non-hydrogen) atoms. The van der Waals surface area contributed by atoms with E-state index in [2.05, 4.69) is 19.9 Å². The van der Waals surface area contributed by atoms with Gasteiger partial charge in [-0.1, -0.05) is 56.3 Å². The molecule has 0 radical (unpaired) electrons. The highest BCUT2D eigenvalue weighted by atomic mass is 16.5. The van der Waals surface area contributed by atoms with Gasteiger partial charge < -0.3 is 13.9 Å². The fraction of sp³-hybridized carbons (Fsp3) is 0.250. The number of carbonyl (C=O) groups is 2. The molecule has 2 aliphatic rings. The van der Waals surface area contributed by atoms with Crippen molar-refractivity contribution in [3.8, 4) is 22.8 Å². The molecule has 0 fully saturated rings. The second-order valence-electron chi connectivity index (χ2n) is 10.5. The molecule has 0 spiro atoms. The van der Waals surface area contributed by atoms with Crippen LogP contribution in [0.3, 0.4) is 0 Å². The Balaban J connectivity index is 1.33. The van der Waals surface area contributed by atoms with Crippen molar-refractivity contribution in [2.45, 2.75) is 51.7 Å². The van der Waals surface area contributed by atoms with Gasteiger partial charge in [0, 0.05) is 16.7 Å². The molecule has 5 heteroatoms. The van der Waals surface area contributed by atoms with E-state index in [1.54, 1.807) is 13.2 Å². The number of Topliss-reactive ketones (excluding diaryl/α,β-unsaturated/α-hetero) is 2. The average Bonchev–Trinajstić information content (AvgIpc) is 3.30. The third-order valence-electron chi connectivity index (χ3n) is 7.56. The Kier molecular flexibility index (Phi) is 5.52. The standard InChI is InChI=1S/C32H28O5/c1-19-17-36-31-23-13-14-24-28(27(23)30(34)29(33)26(19)31)25(15-16-32(24,2)3)37-22-11-9-21(10-12-22)35-18-20-7-5-4-6-8-20/h4-14,17,25H,15-16,18H2,1-3H3. The van der Waals surface area contributed by atoms with Gasteiger partial charge in [-0.2, -0.15) is 0 Å². The zero-order valence-corrected chi connectivity index (χ0v) is 21.2. The summed E-state index contributed by atoms with van der Waals surface area (Å²) < 4.78 is 18.2. The summed E-state index contributed by atoms with van der Waals surface area (Å²) in [7, 11) is 0. The van der Waals surface area contributed by atoms with Crippen LogP contribution in [0.2, 0.25) is 0 Å². The second kappa shape index (κ2) is 8.77. The molecule has 0 saturated heterocycles. The van der Waals surface area contributed by atoms with E-state index in [1.165, 1.54) is 0 Å². The number of furan rings is 1. The van der Waals surface area contributed by atoms with E-state index >= 15 is 0 Å². The first-order chi connectivity index (χ1) is 17.8. The van der Waals surface area contributed by atoms with Gasteiger partial charge in [0.2, 0.25) is 11.6 Å². The summed E-state index contributed by atoms with van der Waals surface area (Å²) in [5, 5.41) is 0. The molecule has 1 heterocycles. The quantitative estimate of drug-likeness (QED) is 0.272. The molecule has 2 aliphatic carbocycles. The fourth-order valence-corrected chi connectivity index (χ4v) is 5.54. The molecule has 1 unspecified atom stereocenters. The molecule has 0 amide bonds. The Morgan fingerprint density at radius 3 is 2.35 bits per heavy atom. The third-order valence-corrected chi connectivity index (χ3v) is 7.56. The zero-order valence-electron chi connectivity index (χ0n) is 21.2. The van der Waals surface area contributed by atoms with Gasteiger partial charge in [-0.15, -0.1) is 0 Å². The first kappa shape index (κ1) is 23.3. The molecule has 3 aromatic carbocycles.